The van der Waals surface area contributed by atoms with Crippen molar-refractivity contribution in [3.8, 4) is 0 Å². The highest BCUT2D eigenvalue weighted by molar-refractivity contribution is 7.89. The number of nitrogens with one attached hydrogen (secondary N) is 2. The van der Waals surface area contributed by atoms with Crippen molar-refractivity contribution in [1.82, 2.24) is 14.9 Å². The van der Waals surface area contributed by atoms with E-state index in [4.69, 9.17) is 10.3 Å². The highest BCUT2D eigenvalue weighted by atomic mass is 32.2. The largest absolute Gasteiger partial charge is 0.399 e. The lowest BCUT2D eigenvalue weighted by Crippen LogP contribution is -2.20. The number of hydrogen-bond donors (Lipinski definition) is 3. The molecule has 4 N–H and O–H groups in total. The van der Waals surface area contributed by atoms with Crippen molar-refractivity contribution in [3.05, 3.63) is 29.9 Å². The number of nitrogens with two attached hydrogens (primary N) is 1. The average molecular weight is 297 g/mol. The highest BCUT2D eigenvalue weighted by Crippen LogP contribution is 2.24. The first-order valence-electron chi connectivity index (χ1n) is 5.78. The lowest BCUT2D eigenvalue weighted by atomic mass is 10.3. The van der Waals surface area contributed by atoms with Crippen LogP contribution in [-0.2, 0) is 16.6 Å². The highest BCUT2D eigenvalue weighted by Gasteiger charge is 2.17. The lowest BCUT2D eigenvalue weighted by molar-refractivity contribution is 0.388. The number of benzene rings is 1. The second-order valence-corrected chi connectivity index (χ2v) is 5.90. The number of aryl methyl sites for hydroxylation is 1. The van der Waals surface area contributed by atoms with Crippen molar-refractivity contribution in [2.45, 2.75) is 18.4 Å². The van der Waals surface area contributed by atoms with Crippen molar-refractivity contribution < 1.29 is 12.9 Å². The third-order valence-corrected chi connectivity index (χ3v) is 4.02. The fourth-order valence-electron chi connectivity index (χ4n) is 1.60. The predicted molar refractivity (Wildman–Crippen MR) is 73.5 cm³/mol. The molecule has 0 saturated heterocycles. The molecule has 0 radical (unpaired) electrons. The van der Waals surface area contributed by atoms with Crippen LogP contribution >= 0.6 is 0 Å². The van der Waals surface area contributed by atoms with Crippen molar-refractivity contribution in [1.29, 1.82) is 0 Å². The molecule has 0 atom stereocenters. The van der Waals surface area contributed by atoms with Gasteiger partial charge in [-0.05, 0) is 25.2 Å². The molecule has 1 aromatic heterocycles. The maximum absolute atomic E-state index is 11.9. The standard InChI is InChI=1S/C11H15N5O3S/c1-7-15-11(16-19-7)6-14-9-4-3-8(12)5-10(9)20(17,18)13-2/h3-5,13-14H,6,12H2,1-2H3. The summed E-state index contributed by atoms with van der Waals surface area (Å²) in [5.41, 5.74) is 6.40. The van der Waals surface area contributed by atoms with E-state index in [1.54, 1.807) is 19.1 Å². The third kappa shape index (κ3) is 3.06. The van der Waals surface area contributed by atoms with Gasteiger partial charge in [-0.1, -0.05) is 5.16 Å². The van der Waals surface area contributed by atoms with E-state index in [0.29, 0.717) is 23.1 Å². The van der Waals surface area contributed by atoms with Crippen LogP contribution in [0.4, 0.5) is 11.4 Å². The molecule has 1 aromatic carbocycles. The van der Waals surface area contributed by atoms with Crippen LogP contribution in [0.25, 0.3) is 0 Å². The average Bonchev–Trinajstić information content (AvgIpc) is 2.83. The minimum atomic E-state index is -3.61. The van der Waals surface area contributed by atoms with Crippen LogP contribution in [0.15, 0.2) is 27.6 Å². The molecule has 0 amide bonds. The summed E-state index contributed by atoms with van der Waals surface area (Å²) >= 11 is 0. The smallest absolute Gasteiger partial charge is 0.242 e. The number of nitrogens with zero attached hydrogens (tertiary/aromatic N) is 2. The molecule has 0 fully saturated rings. The monoisotopic (exact) mass is 297 g/mol. The van der Waals surface area contributed by atoms with Crippen LogP contribution in [0.1, 0.15) is 11.7 Å². The Morgan fingerprint density at radius 2 is 2.15 bits per heavy atom. The summed E-state index contributed by atoms with van der Waals surface area (Å²) in [6.07, 6.45) is 0. The topological polar surface area (TPSA) is 123 Å². The molecular weight excluding hydrogens is 282 g/mol. The summed E-state index contributed by atoms with van der Waals surface area (Å²) in [7, 11) is -2.27. The maximum Gasteiger partial charge on any atom is 0.242 e. The Morgan fingerprint density at radius 1 is 1.40 bits per heavy atom. The summed E-state index contributed by atoms with van der Waals surface area (Å²) in [5.74, 6) is 0.884. The SMILES string of the molecule is CNS(=O)(=O)c1cc(N)ccc1NCc1noc(C)n1. The Bertz CT molecular complexity index is 711. The predicted octanol–water partition coefficient (Wildman–Crippen LogP) is 0.480. The van der Waals surface area contributed by atoms with Gasteiger partial charge in [0, 0.05) is 12.6 Å². The molecule has 0 saturated carbocycles. The van der Waals surface area contributed by atoms with Crippen LogP contribution in [-0.4, -0.2) is 25.6 Å². The van der Waals surface area contributed by atoms with Gasteiger partial charge in [0.1, 0.15) is 4.90 Å². The molecule has 20 heavy (non-hydrogen) atoms. The van der Waals surface area contributed by atoms with Gasteiger partial charge in [0.25, 0.3) is 0 Å². The molecule has 0 aliphatic heterocycles. The molecular formula is C11H15N5O3S. The van der Waals surface area contributed by atoms with E-state index in [-0.39, 0.29) is 11.4 Å². The van der Waals surface area contributed by atoms with E-state index < -0.39 is 10.0 Å². The molecule has 0 unspecified atom stereocenters. The summed E-state index contributed by atoms with van der Waals surface area (Å²) in [6.45, 7) is 1.92. The minimum absolute atomic E-state index is 0.0696. The number of nitrogen functional groups attached to an aromatic ring is 1. The van der Waals surface area contributed by atoms with Crippen LogP contribution in [0.5, 0.6) is 0 Å². The molecule has 0 aliphatic rings. The quantitative estimate of drug-likeness (QED) is 0.686. The first kappa shape index (κ1) is 14.3. The molecule has 0 bridgehead atoms. The zero-order chi connectivity index (χ0) is 14.8. The van der Waals surface area contributed by atoms with E-state index in [1.807, 2.05) is 0 Å². The Labute approximate surface area is 116 Å². The fraction of sp³-hybridized carbons (Fsp3) is 0.273. The maximum atomic E-state index is 11.9. The number of sulfonamides is 1. The normalized spacial score (nSPS) is 11.5. The van der Waals surface area contributed by atoms with Crippen LogP contribution < -0.4 is 15.8 Å². The van der Waals surface area contributed by atoms with E-state index >= 15 is 0 Å². The van der Waals surface area contributed by atoms with E-state index in [9.17, 15) is 8.42 Å². The van der Waals surface area contributed by atoms with Crippen LogP contribution in [0.3, 0.4) is 0 Å². The van der Waals surface area contributed by atoms with Crippen LogP contribution in [0.2, 0.25) is 0 Å². The molecule has 8 nitrogen and oxygen atoms in total. The first-order valence-corrected chi connectivity index (χ1v) is 7.27. The molecule has 0 aliphatic carbocycles. The number of aromatic nitrogens is 2. The molecule has 2 aromatic rings. The fourth-order valence-corrected chi connectivity index (χ4v) is 2.55. The van der Waals surface area contributed by atoms with Gasteiger partial charge in [0.05, 0.1) is 12.2 Å². The molecule has 9 heteroatoms. The zero-order valence-corrected chi connectivity index (χ0v) is 11.9. The summed E-state index contributed by atoms with van der Waals surface area (Å²) < 4.78 is 31.0. The summed E-state index contributed by atoms with van der Waals surface area (Å²) in [6, 6.07) is 4.58. The number of rotatable bonds is 5. The Morgan fingerprint density at radius 3 is 2.75 bits per heavy atom. The van der Waals surface area contributed by atoms with Crippen molar-refractivity contribution >= 4 is 21.4 Å². The molecule has 2 rings (SSSR count). The Balaban J connectivity index is 2.27. The second-order valence-electron chi connectivity index (χ2n) is 4.05. The first-order chi connectivity index (χ1) is 9.42. The zero-order valence-electron chi connectivity index (χ0n) is 11.0. The molecule has 1 heterocycles. The van der Waals surface area contributed by atoms with E-state index in [1.165, 1.54) is 13.1 Å². The minimum Gasteiger partial charge on any atom is -0.399 e. The van der Waals surface area contributed by atoms with Gasteiger partial charge in [-0.2, -0.15) is 4.98 Å². The van der Waals surface area contributed by atoms with E-state index in [0.717, 1.165) is 0 Å². The Kier molecular flexibility index (Phi) is 3.91. The third-order valence-electron chi connectivity index (χ3n) is 2.57. The van der Waals surface area contributed by atoms with Crippen molar-refractivity contribution in [3.63, 3.8) is 0 Å². The van der Waals surface area contributed by atoms with Gasteiger partial charge in [0.2, 0.25) is 15.9 Å². The second kappa shape index (κ2) is 5.47. The van der Waals surface area contributed by atoms with Gasteiger partial charge >= 0.3 is 0 Å². The number of hydrogen-bond acceptors (Lipinski definition) is 7. The van der Waals surface area contributed by atoms with E-state index in [2.05, 4.69) is 20.2 Å². The van der Waals surface area contributed by atoms with Gasteiger partial charge in [-0.3, -0.25) is 0 Å². The Hall–Kier alpha value is -2.13. The summed E-state index contributed by atoms with van der Waals surface area (Å²) in [4.78, 5) is 4.09. The molecule has 0 spiro atoms. The lowest BCUT2D eigenvalue weighted by Gasteiger charge is -2.11. The summed E-state index contributed by atoms with van der Waals surface area (Å²) in [5, 5.41) is 6.67. The van der Waals surface area contributed by atoms with Gasteiger partial charge in [-0.25, -0.2) is 13.1 Å². The van der Waals surface area contributed by atoms with Gasteiger partial charge in [-0.15, -0.1) is 0 Å². The van der Waals surface area contributed by atoms with Crippen molar-refractivity contribution in [2.75, 3.05) is 18.1 Å². The molecule has 108 valence electrons. The van der Waals surface area contributed by atoms with Gasteiger partial charge < -0.3 is 15.6 Å². The van der Waals surface area contributed by atoms with Crippen molar-refractivity contribution in [2.24, 2.45) is 0 Å². The van der Waals surface area contributed by atoms with Crippen LogP contribution in [0, 0.1) is 6.92 Å². The number of anilines is 2. The van der Waals surface area contributed by atoms with Gasteiger partial charge in [0.15, 0.2) is 5.82 Å².